The molecule has 11 heteroatoms. The van der Waals surface area contributed by atoms with Crippen LogP contribution in [0.25, 0.3) is 0 Å². The molecule has 0 aliphatic rings. The molecule has 0 unspecified atom stereocenters. The number of hydrogen-bond donors (Lipinski definition) is 4. The quantitative estimate of drug-likeness (QED) is 0.238. The van der Waals surface area contributed by atoms with E-state index >= 15 is 0 Å². The van der Waals surface area contributed by atoms with E-state index in [1.165, 1.54) is 0 Å². The average molecular weight is 402 g/mol. The molecule has 0 spiro atoms. The van der Waals surface area contributed by atoms with E-state index < -0.39 is 0 Å². The fourth-order valence-electron chi connectivity index (χ4n) is 0.861. The van der Waals surface area contributed by atoms with Gasteiger partial charge in [-0.1, -0.05) is 0 Å². The minimum absolute atomic E-state index is 0. The van der Waals surface area contributed by atoms with Crippen molar-refractivity contribution in [3.05, 3.63) is 74.9 Å². The maximum atomic E-state index is 3.67. The van der Waals surface area contributed by atoms with Gasteiger partial charge in [-0.15, -0.1) is 0 Å². The summed E-state index contributed by atoms with van der Waals surface area (Å²) in [4.78, 5) is 25.7. The minimum Gasteiger partial charge on any atom is -1.00 e. The summed E-state index contributed by atoms with van der Waals surface area (Å²) in [5, 5.41) is 0. The molecule has 4 aromatic heterocycles. The molecule has 0 fully saturated rings. The normalized spacial score (nSPS) is 6.96. The summed E-state index contributed by atoms with van der Waals surface area (Å²) in [5.41, 5.74) is 0. The third kappa shape index (κ3) is 19.9. The van der Waals surface area contributed by atoms with E-state index in [-0.39, 0.29) is 41.6 Å². The van der Waals surface area contributed by atoms with Gasteiger partial charge >= 0.3 is 16.8 Å². The molecule has 127 valence electrons. The number of aromatic amines is 4. The molecule has 4 rings (SSSR count). The largest absolute Gasteiger partial charge is 2.00 e. The standard InChI is InChI=1S/4C3H4N2.2ClH.Co/c4*1-2-5-3-4-1;;;/h4*1-3H,(H,4,5);2*1H;/q;;;;;;+2/p-2. The first kappa shape index (κ1) is 25.9. The van der Waals surface area contributed by atoms with Gasteiger partial charge in [0, 0.05) is 49.6 Å². The first-order chi connectivity index (χ1) is 10.0. The van der Waals surface area contributed by atoms with Gasteiger partial charge in [0.05, 0.1) is 25.3 Å². The number of nitrogens with one attached hydrogen (secondary N) is 4. The van der Waals surface area contributed by atoms with Crippen LogP contribution in [0, 0.1) is 0 Å². The van der Waals surface area contributed by atoms with E-state index in [0.717, 1.165) is 0 Å². The van der Waals surface area contributed by atoms with Crippen LogP contribution in [0.2, 0.25) is 0 Å². The Bertz CT molecular complexity index is 366. The molecule has 4 N–H and O–H groups in total. The predicted octanol–water partition coefficient (Wildman–Crippen LogP) is -4.36. The summed E-state index contributed by atoms with van der Waals surface area (Å²) < 4.78 is 0. The molecule has 0 saturated heterocycles. The van der Waals surface area contributed by atoms with E-state index in [1.54, 1.807) is 74.9 Å². The second-order valence-corrected chi connectivity index (χ2v) is 3.04. The van der Waals surface area contributed by atoms with Crippen molar-refractivity contribution in [3.63, 3.8) is 0 Å². The Balaban J connectivity index is -0.000000222. The Morgan fingerprint density at radius 2 is 0.652 bits per heavy atom. The number of nitrogens with zero attached hydrogens (tertiary/aromatic N) is 4. The zero-order valence-corrected chi connectivity index (χ0v) is 14.4. The van der Waals surface area contributed by atoms with E-state index in [4.69, 9.17) is 0 Å². The van der Waals surface area contributed by atoms with Gasteiger partial charge in [0.2, 0.25) is 0 Å². The third-order valence-corrected chi connectivity index (χ3v) is 1.62. The summed E-state index contributed by atoms with van der Waals surface area (Å²) in [6.07, 6.45) is 20.3. The number of H-pyrrole nitrogens is 4. The van der Waals surface area contributed by atoms with Gasteiger partial charge in [-0.3, -0.25) is 0 Å². The third-order valence-electron chi connectivity index (χ3n) is 1.62. The summed E-state index contributed by atoms with van der Waals surface area (Å²) >= 11 is 0. The van der Waals surface area contributed by atoms with E-state index in [1.807, 2.05) is 0 Å². The first-order valence-electron chi connectivity index (χ1n) is 5.71. The van der Waals surface area contributed by atoms with Gasteiger partial charge in [0.15, 0.2) is 0 Å². The summed E-state index contributed by atoms with van der Waals surface area (Å²) in [6, 6.07) is 0. The molecule has 0 atom stereocenters. The van der Waals surface area contributed by atoms with Crippen LogP contribution in [0.5, 0.6) is 0 Å². The Morgan fingerprint density at radius 3 is 0.696 bits per heavy atom. The SMILES string of the molecule is [Cl-].[Cl-].[Co+2].c1c[nH]cn1.c1c[nH]cn1.c1c[nH]cn1.c1c[nH]cn1. The van der Waals surface area contributed by atoms with E-state index in [0.29, 0.717) is 0 Å². The van der Waals surface area contributed by atoms with Crippen molar-refractivity contribution in [2.45, 2.75) is 0 Å². The van der Waals surface area contributed by atoms with Crippen LogP contribution in [-0.2, 0) is 16.8 Å². The molecule has 4 aromatic rings. The van der Waals surface area contributed by atoms with Crippen molar-refractivity contribution in [3.8, 4) is 0 Å². The summed E-state index contributed by atoms with van der Waals surface area (Å²) in [6.45, 7) is 0. The van der Waals surface area contributed by atoms with Crippen LogP contribution < -0.4 is 24.8 Å². The molecule has 8 nitrogen and oxygen atoms in total. The molecule has 0 aliphatic carbocycles. The second kappa shape index (κ2) is 22.2. The summed E-state index contributed by atoms with van der Waals surface area (Å²) in [5.74, 6) is 0. The average Bonchev–Trinajstić information content (AvgIpc) is 3.40. The number of imidazole rings is 4. The predicted molar refractivity (Wildman–Crippen MR) is 74.4 cm³/mol. The van der Waals surface area contributed by atoms with Gasteiger partial charge in [-0.25, -0.2) is 19.9 Å². The van der Waals surface area contributed by atoms with E-state index in [9.17, 15) is 0 Å². The molecule has 4 heterocycles. The molecular weight excluding hydrogens is 386 g/mol. The van der Waals surface area contributed by atoms with Gasteiger partial charge < -0.3 is 44.7 Å². The Hall–Kier alpha value is -2.07. The Kier molecular flexibility index (Phi) is 25.0. The molecule has 0 bridgehead atoms. The molecule has 0 saturated carbocycles. The maximum absolute atomic E-state index is 3.67. The second-order valence-electron chi connectivity index (χ2n) is 3.04. The van der Waals surface area contributed by atoms with E-state index in [2.05, 4.69) is 39.9 Å². The van der Waals surface area contributed by atoms with Crippen LogP contribution >= 0.6 is 0 Å². The smallest absolute Gasteiger partial charge is 1.00 e. The molecular formula is C12H16Cl2CoN8. The minimum atomic E-state index is 0. The van der Waals surface area contributed by atoms with Crippen LogP contribution in [0.1, 0.15) is 0 Å². The fourth-order valence-corrected chi connectivity index (χ4v) is 0.861. The van der Waals surface area contributed by atoms with Crippen molar-refractivity contribution in [1.82, 2.24) is 39.9 Å². The summed E-state index contributed by atoms with van der Waals surface area (Å²) in [7, 11) is 0. The number of halogens is 2. The molecule has 0 aliphatic heterocycles. The molecule has 23 heavy (non-hydrogen) atoms. The van der Waals surface area contributed by atoms with Crippen LogP contribution in [0.3, 0.4) is 0 Å². The van der Waals surface area contributed by atoms with Crippen LogP contribution in [0.4, 0.5) is 0 Å². The van der Waals surface area contributed by atoms with Crippen molar-refractivity contribution < 1.29 is 41.6 Å². The van der Waals surface area contributed by atoms with Gasteiger partial charge in [0.25, 0.3) is 0 Å². The molecule has 0 amide bonds. The van der Waals surface area contributed by atoms with Gasteiger partial charge in [-0.05, 0) is 0 Å². The number of hydrogen-bond acceptors (Lipinski definition) is 4. The monoisotopic (exact) mass is 401 g/mol. The number of aromatic nitrogens is 8. The molecule has 0 aromatic carbocycles. The van der Waals surface area contributed by atoms with Crippen molar-refractivity contribution in [1.29, 1.82) is 0 Å². The van der Waals surface area contributed by atoms with Gasteiger partial charge in [0.1, 0.15) is 0 Å². The topological polar surface area (TPSA) is 115 Å². The van der Waals surface area contributed by atoms with Gasteiger partial charge in [-0.2, -0.15) is 0 Å². The van der Waals surface area contributed by atoms with Crippen molar-refractivity contribution in [2.24, 2.45) is 0 Å². The first-order valence-corrected chi connectivity index (χ1v) is 5.71. The zero-order chi connectivity index (χ0) is 14.1. The van der Waals surface area contributed by atoms with Crippen molar-refractivity contribution >= 4 is 0 Å². The van der Waals surface area contributed by atoms with Crippen molar-refractivity contribution in [2.75, 3.05) is 0 Å². The maximum Gasteiger partial charge on any atom is 2.00 e. The fraction of sp³-hybridized carbons (Fsp3) is 0. The zero-order valence-electron chi connectivity index (χ0n) is 11.8. The van der Waals surface area contributed by atoms with Crippen LogP contribution in [0.15, 0.2) is 74.9 Å². The number of rotatable bonds is 0. The van der Waals surface area contributed by atoms with Crippen LogP contribution in [-0.4, -0.2) is 39.9 Å². The Morgan fingerprint density at radius 1 is 0.435 bits per heavy atom. The Labute approximate surface area is 156 Å². The molecule has 1 radical (unpaired) electrons.